The van der Waals surface area contributed by atoms with Crippen LogP contribution in [0.4, 0.5) is 5.69 Å². The van der Waals surface area contributed by atoms with E-state index < -0.39 is 11.9 Å². The van der Waals surface area contributed by atoms with Gasteiger partial charge < -0.3 is 15.2 Å². The Hall–Kier alpha value is -2.64. The molecule has 0 aliphatic carbocycles. The second-order valence-electron chi connectivity index (χ2n) is 5.06. The minimum atomic E-state index is -1.16. The molecule has 25 heavy (non-hydrogen) atoms. The molecule has 0 unspecified atom stereocenters. The molecule has 0 aliphatic rings. The fourth-order valence-electron chi connectivity index (χ4n) is 1.95. The van der Waals surface area contributed by atoms with Gasteiger partial charge in [-0.2, -0.15) is 0 Å². The molecular weight excluding hydrogens is 364 g/mol. The maximum absolute atomic E-state index is 11.9. The number of aryl methyl sites for hydroxylation is 1. The number of rotatable bonds is 5. The van der Waals surface area contributed by atoms with Crippen LogP contribution in [0.5, 0.6) is 5.75 Å². The Morgan fingerprint density at radius 3 is 2.64 bits per heavy atom. The van der Waals surface area contributed by atoms with E-state index in [0.29, 0.717) is 11.4 Å². The summed E-state index contributed by atoms with van der Waals surface area (Å²) in [5, 5.41) is 14.4. The molecule has 2 aromatic carbocycles. The number of thiocarbonyl (C=S) groups is 1. The lowest BCUT2D eigenvalue weighted by atomic mass is 10.2. The molecule has 2 rings (SSSR count). The average Bonchev–Trinajstić information content (AvgIpc) is 2.55. The van der Waals surface area contributed by atoms with Gasteiger partial charge in [0.2, 0.25) is 0 Å². The Morgan fingerprint density at radius 1 is 1.24 bits per heavy atom. The largest absolute Gasteiger partial charge is 0.483 e. The molecule has 1 amide bonds. The van der Waals surface area contributed by atoms with Gasteiger partial charge in [-0.05, 0) is 49.0 Å². The van der Waals surface area contributed by atoms with Crippen LogP contribution in [0, 0.1) is 6.92 Å². The van der Waals surface area contributed by atoms with Crippen molar-refractivity contribution in [3.05, 3.63) is 58.6 Å². The van der Waals surface area contributed by atoms with Gasteiger partial charge in [0.1, 0.15) is 5.75 Å². The molecule has 0 aliphatic heterocycles. The number of aromatic carboxylic acids is 1. The summed E-state index contributed by atoms with van der Waals surface area (Å²) in [6, 6.07) is 11.6. The van der Waals surface area contributed by atoms with E-state index in [-0.39, 0.29) is 22.3 Å². The van der Waals surface area contributed by atoms with E-state index in [2.05, 4.69) is 10.6 Å². The van der Waals surface area contributed by atoms with Crippen molar-refractivity contribution in [2.75, 3.05) is 11.9 Å². The zero-order valence-corrected chi connectivity index (χ0v) is 14.8. The van der Waals surface area contributed by atoms with Gasteiger partial charge in [-0.15, -0.1) is 0 Å². The molecule has 0 saturated carbocycles. The van der Waals surface area contributed by atoms with Crippen LogP contribution in [0.25, 0.3) is 0 Å². The molecule has 3 N–H and O–H groups in total. The van der Waals surface area contributed by atoms with Gasteiger partial charge in [0.25, 0.3) is 5.91 Å². The molecular formula is C17H15ClN2O4S. The van der Waals surface area contributed by atoms with Crippen LogP contribution in [-0.2, 0) is 4.79 Å². The summed E-state index contributed by atoms with van der Waals surface area (Å²) in [6.45, 7) is 1.67. The van der Waals surface area contributed by atoms with Crippen LogP contribution in [-0.4, -0.2) is 28.7 Å². The first-order valence-electron chi connectivity index (χ1n) is 7.19. The molecule has 0 bridgehead atoms. The predicted molar refractivity (Wildman–Crippen MR) is 99.4 cm³/mol. The van der Waals surface area contributed by atoms with Crippen LogP contribution in [0.3, 0.4) is 0 Å². The highest BCUT2D eigenvalue weighted by atomic mass is 35.5. The Bertz CT molecular complexity index is 826. The maximum atomic E-state index is 11.9. The van der Waals surface area contributed by atoms with E-state index in [1.54, 1.807) is 12.1 Å². The molecule has 6 nitrogen and oxygen atoms in total. The number of carboxylic acids is 1. The smallest absolute Gasteiger partial charge is 0.337 e. The molecule has 0 fully saturated rings. The summed E-state index contributed by atoms with van der Waals surface area (Å²) >= 11 is 10.8. The first-order valence-corrected chi connectivity index (χ1v) is 7.97. The molecule has 130 valence electrons. The summed E-state index contributed by atoms with van der Waals surface area (Å²) in [7, 11) is 0. The number of anilines is 1. The molecule has 0 heterocycles. The molecule has 2 aromatic rings. The Morgan fingerprint density at radius 2 is 1.96 bits per heavy atom. The molecule has 0 atom stereocenters. The predicted octanol–water partition coefficient (Wildman–Crippen LogP) is 3.24. The van der Waals surface area contributed by atoms with Crippen LogP contribution >= 0.6 is 23.8 Å². The third-order valence-corrected chi connectivity index (χ3v) is 3.69. The van der Waals surface area contributed by atoms with Crippen LogP contribution in [0.15, 0.2) is 42.5 Å². The van der Waals surface area contributed by atoms with Gasteiger partial charge in [-0.25, -0.2) is 4.79 Å². The number of hydrogen-bond acceptors (Lipinski definition) is 4. The zero-order chi connectivity index (χ0) is 18.4. The number of nitrogens with one attached hydrogen (secondary N) is 2. The van der Waals surface area contributed by atoms with Gasteiger partial charge in [0.05, 0.1) is 10.6 Å². The number of carbonyl (C=O) groups is 2. The number of hydrogen-bond donors (Lipinski definition) is 3. The van der Waals surface area contributed by atoms with Crippen molar-refractivity contribution in [2.45, 2.75) is 6.92 Å². The van der Waals surface area contributed by atoms with Gasteiger partial charge >= 0.3 is 5.97 Å². The summed E-state index contributed by atoms with van der Waals surface area (Å²) < 4.78 is 5.42. The SMILES string of the molecule is Cc1ccccc1OCC(=O)NC(=S)Nc1ccc(Cl)c(C(=O)O)c1. The molecule has 0 spiro atoms. The van der Waals surface area contributed by atoms with E-state index in [1.807, 2.05) is 25.1 Å². The number of halogens is 1. The highest BCUT2D eigenvalue weighted by Crippen LogP contribution is 2.20. The molecule has 0 radical (unpaired) electrons. The van der Waals surface area contributed by atoms with Crippen LogP contribution in [0.2, 0.25) is 5.02 Å². The fraction of sp³-hybridized carbons (Fsp3) is 0.118. The van der Waals surface area contributed by atoms with Crippen molar-refractivity contribution < 1.29 is 19.4 Å². The first kappa shape index (κ1) is 18.7. The van der Waals surface area contributed by atoms with E-state index >= 15 is 0 Å². The average molecular weight is 379 g/mol. The summed E-state index contributed by atoms with van der Waals surface area (Å²) in [5.41, 5.74) is 1.24. The van der Waals surface area contributed by atoms with Crippen molar-refractivity contribution >= 4 is 46.5 Å². The van der Waals surface area contributed by atoms with E-state index in [9.17, 15) is 9.59 Å². The van der Waals surface area contributed by atoms with Crippen LogP contribution < -0.4 is 15.4 Å². The highest BCUT2D eigenvalue weighted by molar-refractivity contribution is 7.80. The lowest BCUT2D eigenvalue weighted by molar-refractivity contribution is -0.121. The lowest BCUT2D eigenvalue weighted by Gasteiger charge is -2.12. The quantitative estimate of drug-likeness (QED) is 0.692. The number of amides is 1. The maximum Gasteiger partial charge on any atom is 0.337 e. The highest BCUT2D eigenvalue weighted by Gasteiger charge is 2.11. The number of carbonyl (C=O) groups excluding carboxylic acids is 1. The van der Waals surface area contributed by atoms with Crippen LogP contribution in [0.1, 0.15) is 15.9 Å². The Labute approximate surface area is 154 Å². The van der Waals surface area contributed by atoms with Gasteiger partial charge in [0.15, 0.2) is 11.7 Å². The zero-order valence-electron chi connectivity index (χ0n) is 13.2. The van der Waals surface area contributed by atoms with Crippen molar-refractivity contribution in [2.24, 2.45) is 0 Å². The van der Waals surface area contributed by atoms with Crippen molar-refractivity contribution in [3.8, 4) is 5.75 Å². The number of para-hydroxylation sites is 1. The van der Waals surface area contributed by atoms with Crippen molar-refractivity contribution in [1.29, 1.82) is 0 Å². The second-order valence-corrected chi connectivity index (χ2v) is 5.87. The lowest BCUT2D eigenvalue weighted by Crippen LogP contribution is -2.37. The van der Waals surface area contributed by atoms with Gasteiger partial charge in [-0.1, -0.05) is 29.8 Å². The van der Waals surface area contributed by atoms with Gasteiger partial charge in [-0.3, -0.25) is 10.1 Å². The second kappa shape index (κ2) is 8.46. The Balaban J connectivity index is 1.89. The summed E-state index contributed by atoms with van der Waals surface area (Å²) in [4.78, 5) is 22.9. The van der Waals surface area contributed by atoms with Crippen molar-refractivity contribution in [1.82, 2.24) is 5.32 Å². The molecule has 0 saturated heterocycles. The third-order valence-electron chi connectivity index (χ3n) is 3.16. The standard InChI is InChI=1S/C17H15ClN2O4S/c1-10-4-2-3-5-14(10)24-9-15(21)20-17(25)19-11-6-7-13(18)12(8-11)16(22)23/h2-8H,9H2,1H3,(H,22,23)(H2,19,20,21,25). The minimum absolute atomic E-state index is 0.0250. The molecule has 0 aromatic heterocycles. The summed E-state index contributed by atoms with van der Waals surface area (Å²) in [5.74, 6) is -0.983. The normalized spacial score (nSPS) is 10.0. The number of carboxylic acid groups (broad SMARTS) is 1. The number of ether oxygens (including phenoxy) is 1. The Kier molecular flexibility index (Phi) is 6.32. The molecule has 8 heteroatoms. The first-order chi connectivity index (χ1) is 11.9. The fourth-order valence-corrected chi connectivity index (χ4v) is 2.38. The minimum Gasteiger partial charge on any atom is -0.483 e. The number of benzene rings is 2. The van der Waals surface area contributed by atoms with E-state index in [1.165, 1.54) is 12.1 Å². The monoisotopic (exact) mass is 378 g/mol. The topological polar surface area (TPSA) is 87.7 Å². The van der Waals surface area contributed by atoms with Gasteiger partial charge in [0, 0.05) is 5.69 Å². The summed E-state index contributed by atoms with van der Waals surface area (Å²) in [6.07, 6.45) is 0. The van der Waals surface area contributed by atoms with E-state index in [4.69, 9.17) is 33.7 Å². The van der Waals surface area contributed by atoms with Crippen molar-refractivity contribution in [3.63, 3.8) is 0 Å². The van der Waals surface area contributed by atoms with E-state index in [0.717, 1.165) is 5.56 Å². The third kappa shape index (κ3) is 5.44.